The second-order valence-electron chi connectivity index (χ2n) is 6.59. The third-order valence-corrected chi connectivity index (χ3v) is 5.06. The molecule has 0 spiro atoms. The molecule has 138 valence electrons. The van der Waals surface area contributed by atoms with E-state index in [4.69, 9.17) is 0 Å². The van der Waals surface area contributed by atoms with Crippen molar-refractivity contribution in [2.75, 3.05) is 0 Å². The fraction of sp³-hybridized carbons (Fsp3) is 0.250. The molecule has 3 aromatic heterocycles. The number of para-hydroxylation sites is 1. The van der Waals surface area contributed by atoms with E-state index in [9.17, 15) is 9.59 Å². The van der Waals surface area contributed by atoms with E-state index < -0.39 is 0 Å². The maximum absolute atomic E-state index is 13.1. The first kappa shape index (κ1) is 17.1. The summed E-state index contributed by atoms with van der Waals surface area (Å²) in [6.45, 7) is 6.06. The van der Waals surface area contributed by atoms with Crippen LogP contribution in [0.5, 0.6) is 0 Å². The molecule has 0 fully saturated rings. The molecular weight excluding hydrogens is 342 g/mol. The number of imidazole rings is 2. The maximum Gasteiger partial charge on any atom is 0.332 e. The normalized spacial score (nSPS) is 12.0. The Morgan fingerprint density at radius 1 is 1.07 bits per heavy atom. The van der Waals surface area contributed by atoms with Gasteiger partial charge >= 0.3 is 5.69 Å². The molecular formula is C20H21N5O2. The van der Waals surface area contributed by atoms with Crippen LogP contribution in [0.3, 0.4) is 0 Å². The van der Waals surface area contributed by atoms with Gasteiger partial charge in [0.25, 0.3) is 5.56 Å². The number of aryl methyl sites for hydroxylation is 2. The minimum absolute atomic E-state index is 0.239. The van der Waals surface area contributed by atoms with E-state index in [-0.39, 0.29) is 17.8 Å². The molecule has 0 aliphatic heterocycles. The average Bonchev–Trinajstić information content (AvgIpc) is 3.17. The summed E-state index contributed by atoms with van der Waals surface area (Å²) < 4.78 is 6.55. The highest BCUT2D eigenvalue weighted by Crippen LogP contribution is 2.24. The first-order valence-corrected chi connectivity index (χ1v) is 8.83. The minimum atomic E-state index is -0.369. The molecule has 7 heteroatoms. The van der Waals surface area contributed by atoms with Crippen molar-refractivity contribution >= 4 is 16.9 Å². The molecule has 7 nitrogen and oxygen atoms in total. The van der Waals surface area contributed by atoms with E-state index in [1.54, 1.807) is 13.1 Å². The molecule has 0 N–H and O–H groups in total. The van der Waals surface area contributed by atoms with Crippen LogP contribution in [0.15, 0.2) is 52.1 Å². The zero-order valence-electron chi connectivity index (χ0n) is 15.8. The lowest BCUT2D eigenvalue weighted by atomic mass is 10.3. The van der Waals surface area contributed by atoms with Crippen molar-refractivity contribution in [1.29, 1.82) is 0 Å². The van der Waals surface area contributed by atoms with Crippen molar-refractivity contribution in [2.45, 2.75) is 27.3 Å². The summed E-state index contributed by atoms with van der Waals surface area (Å²) in [5.74, 6) is 0.627. The topological polar surface area (TPSA) is 66.2 Å². The summed E-state index contributed by atoms with van der Waals surface area (Å²) in [5, 5.41) is 0. The molecule has 1 aromatic carbocycles. The lowest BCUT2D eigenvalue weighted by Crippen LogP contribution is -2.39. The zero-order valence-corrected chi connectivity index (χ0v) is 15.8. The van der Waals surface area contributed by atoms with Crippen LogP contribution in [0.25, 0.3) is 22.6 Å². The van der Waals surface area contributed by atoms with Crippen molar-refractivity contribution in [3.8, 4) is 5.69 Å². The summed E-state index contributed by atoms with van der Waals surface area (Å²) in [4.78, 5) is 30.5. The van der Waals surface area contributed by atoms with Crippen LogP contribution in [0.1, 0.15) is 18.3 Å². The smallest absolute Gasteiger partial charge is 0.283 e. The predicted octanol–water partition coefficient (Wildman–Crippen LogP) is 2.33. The van der Waals surface area contributed by atoms with Crippen LogP contribution < -0.4 is 11.2 Å². The first-order chi connectivity index (χ1) is 13.0. The van der Waals surface area contributed by atoms with Gasteiger partial charge in [-0.05, 0) is 32.9 Å². The molecule has 0 saturated heterocycles. The van der Waals surface area contributed by atoms with E-state index in [0.717, 1.165) is 17.1 Å². The molecule has 0 aliphatic rings. The standard InChI is InChI=1S/C20H21N5O2/c1-5-6-12-23-18(26)16-17(22(4)20(23)27)21-19-24(13(2)14(3)25(16)19)15-10-8-7-9-11-15/h5-11H,12H2,1-4H3. The fourth-order valence-corrected chi connectivity index (χ4v) is 3.51. The van der Waals surface area contributed by atoms with Gasteiger partial charge in [0, 0.05) is 30.7 Å². The van der Waals surface area contributed by atoms with Gasteiger partial charge in [-0.3, -0.25) is 22.9 Å². The van der Waals surface area contributed by atoms with Crippen LogP contribution in [0, 0.1) is 13.8 Å². The van der Waals surface area contributed by atoms with Crippen LogP contribution in [0.2, 0.25) is 0 Å². The van der Waals surface area contributed by atoms with Crippen LogP contribution in [-0.4, -0.2) is 23.1 Å². The Hall–Kier alpha value is -3.35. The van der Waals surface area contributed by atoms with Gasteiger partial charge in [-0.1, -0.05) is 30.4 Å². The zero-order chi connectivity index (χ0) is 19.3. The van der Waals surface area contributed by atoms with Crippen molar-refractivity contribution in [3.63, 3.8) is 0 Å². The van der Waals surface area contributed by atoms with Gasteiger partial charge in [-0.15, -0.1) is 0 Å². The third kappa shape index (κ3) is 2.31. The van der Waals surface area contributed by atoms with E-state index in [2.05, 4.69) is 4.98 Å². The summed E-state index contributed by atoms with van der Waals surface area (Å²) in [6.07, 6.45) is 3.61. The molecule has 4 aromatic rings. The van der Waals surface area contributed by atoms with Crippen LogP contribution in [0.4, 0.5) is 0 Å². The highest BCUT2D eigenvalue weighted by Gasteiger charge is 2.22. The Kier molecular flexibility index (Phi) is 3.87. The largest absolute Gasteiger partial charge is 0.332 e. The van der Waals surface area contributed by atoms with Gasteiger partial charge in [0.15, 0.2) is 11.2 Å². The summed E-state index contributed by atoms with van der Waals surface area (Å²) >= 11 is 0. The molecule has 4 rings (SSSR count). The fourth-order valence-electron chi connectivity index (χ4n) is 3.51. The van der Waals surface area contributed by atoms with Gasteiger partial charge in [0.2, 0.25) is 5.78 Å². The monoisotopic (exact) mass is 363 g/mol. The van der Waals surface area contributed by atoms with Crippen LogP contribution >= 0.6 is 0 Å². The van der Waals surface area contributed by atoms with E-state index in [1.807, 2.05) is 66.1 Å². The Morgan fingerprint density at radius 2 is 1.78 bits per heavy atom. The maximum atomic E-state index is 13.1. The molecule has 0 saturated carbocycles. The van der Waals surface area contributed by atoms with Crippen molar-refractivity contribution < 1.29 is 0 Å². The van der Waals surface area contributed by atoms with Gasteiger partial charge in [-0.2, -0.15) is 4.98 Å². The number of benzene rings is 1. The van der Waals surface area contributed by atoms with E-state index in [1.165, 1.54) is 9.13 Å². The number of rotatable bonds is 3. The molecule has 0 atom stereocenters. The number of aromatic nitrogens is 5. The third-order valence-electron chi connectivity index (χ3n) is 5.06. The predicted molar refractivity (Wildman–Crippen MR) is 106 cm³/mol. The molecule has 0 bridgehead atoms. The summed E-state index contributed by atoms with van der Waals surface area (Å²) in [6, 6.07) is 9.87. The van der Waals surface area contributed by atoms with E-state index in [0.29, 0.717) is 16.9 Å². The Labute approximate surface area is 155 Å². The molecule has 0 unspecified atom stereocenters. The van der Waals surface area contributed by atoms with E-state index >= 15 is 0 Å². The summed E-state index contributed by atoms with van der Waals surface area (Å²) in [5.41, 5.74) is 3.00. The lowest BCUT2D eigenvalue weighted by Gasteiger charge is -2.07. The van der Waals surface area contributed by atoms with Gasteiger partial charge in [0.1, 0.15) is 0 Å². The molecule has 0 amide bonds. The first-order valence-electron chi connectivity index (χ1n) is 8.83. The minimum Gasteiger partial charge on any atom is -0.283 e. The Bertz CT molecular complexity index is 1320. The average molecular weight is 363 g/mol. The Balaban J connectivity index is 2.19. The van der Waals surface area contributed by atoms with Gasteiger partial charge < -0.3 is 0 Å². The molecule has 3 heterocycles. The van der Waals surface area contributed by atoms with Crippen molar-refractivity contribution in [2.24, 2.45) is 7.05 Å². The second kappa shape index (κ2) is 6.12. The Morgan fingerprint density at radius 3 is 2.44 bits per heavy atom. The number of hydrogen-bond acceptors (Lipinski definition) is 3. The molecule has 27 heavy (non-hydrogen) atoms. The van der Waals surface area contributed by atoms with Crippen LogP contribution in [-0.2, 0) is 13.6 Å². The van der Waals surface area contributed by atoms with Crippen molar-refractivity contribution in [1.82, 2.24) is 23.1 Å². The van der Waals surface area contributed by atoms with Crippen molar-refractivity contribution in [3.05, 3.63) is 74.7 Å². The number of fused-ring (bicyclic) bond motifs is 3. The number of hydrogen-bond donors (Lipinski definition) is 0. The number of nitrogens with zero attached hydrogens (tertiary/aromatic N) is 5. The lowest BCUT2D eigenvalue weighted by molar-refractivity contribution is 0.666. The SMILES string of the molecule is CC=CCn1c(=O)c2c(nc3n(-c4ccccc4)c(C)c(C)n23)n(C)c1=O. The van der Waals surface area contributed by atoms with Gasteiger partial charge in [-0.25, -0.2) is 4.79 Å². The second-order valence-corrected chi connectivity index (χ2v) is 6.59. The summed E-state index contributed by atoms with van der Waals surface area (Å²) in [7, 11) is 1.65. The quantitative estimate of drug-likeness (QED) is 0.525. The highest BCUT2D eigenvalue weighted by atomic mass is 16.2. The molecule has 0 aliphatic carbocycles. The van der Waals surface area contributed by atoms with Gasteiger partial charge in [0.05, 0.1) is 0 Å². The number of allylic oxidation sites excluding steroid dienone is 2. The molecule has 0 radical (unpaired) electrons. The highest BCUT2D eigenvalue weighted by molar-refractivity contribution is 5.77.